The first-order valence-corrected chi connectivity index (χ1v) is 5.16. The van der Waals surface area contributed by atoms with Crippen LogP contribution in [0.1, 0.15) is 44.6 Å². The summed E-state index contributed by atoms with van der Waals surface area (Å²) < 4.78 is 0. The lowest BCUT2D eigenvalue weighted by Gasteiger charge is -2.27. The molecule has 1 saturated carbocycles. The highest BCUT2D eigenvalue weighted by Crippen LogP contribution is 2.48. The van der Waals surface area contributed by atoms with Gasteiger partial charge in [-0.05, 0) is 35.8 Å². The molecule has 1 unspecified atom stereocenters. The summed E-state index contributed by atoms with van der Waals surface area (Å²) in [6, 6.07) is 11.6. The maximum Gasteiger partial charge on any atom is -0.0110 e. The Morgan fingerprint density at radius 1 is 1.46 bits per heavy atom. The lowest BCUT2D eigenvalue weighted by Crippen LogP contribution is -2.15. The Balaban J connectivity index is 2.27. The highest BCUT2D eigenvalue weighted by molar-refractivity contribution is 5.22. The molecule has 0 bridgehead atoms. The van der Waals surface area contributed by atoms with Crippen LogP contribution in [0.2, 0.25) is 0 Å². The maximum atomic E-state index is 3.18. The van der Waals surface area contributed by atoms with Crippen LogP contribution in [-0.2, 0) is 0 Å². The van der Waals surface area contributed by atoms with Crippen LogP contribution in [0.15, 0.2) is 24.3 Å². The third-order valence-corrected chi connectivity index (χ3v) is 3.39. The maximum absolute atomic E-state index is 3.18. The van der Waals surface area contributed by atoms with Crippen LogP contribution in [0.4, 0.5) is 0 Å². The van der Waals surface area contributed by atoms with Gasteiger partial charge < -0.3 is 0 Å². The van der Waals surface area contributed by atoms with E-state index in [0.717, 1.165) is 5.92 Å². The Hall–Kier alpha value is -0.780. The summed E-state index contributed by atoms with van der Waals surface area (Å²) in [7, 11) is 0. The van der Waals surface area contributed by atoms with Crippen molar-refractivity contribution in [2.24, 2.45) is 5.41 Å². The van der Waals surface area contributed by atoms with Gasteiger partial charge in [-0.25, -0.2) is 0 Å². The van der Waals surface area contributed by atoms with E-state index in [2.05, 4.69) is 38.1 Å². The Morgan fingerprint density at radius 3 is 2.85 bits per heavy atom. The predicted molar refractivity (Wildman–Crippen MR) is 55.7 cm³/mol. The van der Waals surface area contributed by atoms with E-state index < -0.39 is 0 Å². The van der Waals surface area contributed by atoms with Crippen molar-refractivity contribution in [3.63, 3.8) is 0 Å². The van der Waals surface area contributed by atoms with Gasteiger partial charge in [0.1, 0.15) is 0 Å². The van der Waals surface area contributed by atoms with Crippen LogP contribution in [0.3, 0.4) is 0 Å². The van der Waals surface area contributed by atoms with Gasteiger partial charge in [-0.1, -0.05) is 44.5 Å². The topological polar surface area (TPSA) is 0 Å². The molecule has 1 aliphatic carbocycles. The second-order valence-electron chi connectivity index (χ2n) is 4.77. The molecule has 0 aliphatic heterocycles. The summed E-state index contributed by atoms with van der Waals surface area (Å²) in [6.45, 7) is 4.77. The van der Waals surface area contributed by atoms with Crippen LogP contribution < -0.4 is 0 Å². The molecule has 0 aromatic heterocycles. The molecule has 0 N–H and O–H groups in total. The minimum atomic E-state index is 0.495. The average molecular weight is 173 g/mol. The average Bonchev–Trinajstić information content (AvgIpc) is 2.47. The first-order chi connectivity index (χ1) is 6.20. The summed E-state index contributed by atoms with van der Waals surface area (Å²) in [5, 5.41) is 0. The zero-order valence-electron chi connectivity index (χ0n) is 8.51. The van der Waals surface area contributed by atoms with Gasteiger partial charge in [-0.3, -0.25) is 0 Å². The van der Waals surface area contributed by atoms with Crippen molar-refractivity contribution in [2.45, 2.75) is 39.0 Å². The van der Waals surface area contributed by atoms with E-state index >= 15 is 0 Å². The minimum Gasteiger partial charge on any atom is -0.0614 e. The standard InChI is InChI=1S/C13H17/c1-13(2)10-6-9-12(13)11-7-4-3-5-8-11/h3-4,7-8,12H,6,9-10H2,1-2H3. The van der Waals surface area contributed by atoms with Gasteiger partial charge in [0.05, 0.1) is 0 Å². The van der Waals surface area contributed by atoms with Crippen molar-refractivity contribution in [3.05, 3.63) is 35.9 Å². The third-order valence-electron chi connectivity index (χ3n) is 3.39. The van der Waals surface area contributed by atoms with Crippen molar-refractivity contribution in [2.75, 3.05) is 0 Å². The molecule has 1 aromatic carbocycles. The molecule has 13 heavy (non-hydrogen) atoms. The van der Waals surface area contributed by atoms with Gasteiger partial charge in [0.15, 0.2) is 0 Å². The fourth-order valence-corrected chi connectivity index (χ4v) is 2.57. The van der Waals surface area contributed by atoms with Crippen molar-refractivity contribution in [1.82, 2.24) is 0 Å². The first kappa shape index (κ1) is 8.80. The van der Waals surface area contributed by atoms with Crippen LogP contribution in [-0.4, -0.2) is 0 Å². The molecule has 1 aromatic rings. The van der Waals surface area contributed by atoms with Gasteiger partial charge in [0, 0.05) is 0 Å². The summed E-state index contributed by atoms with van der Waals surface area (Å²) in [6.07, 6.45) is 4.10. The molecule has 1 atom stereocenters. The second-order valence-corrected chi connectivity index (χ2v) is 4.77. The predicted octanol–water partition coefficient (Wildman–Crippen LogP) is 3.78. The Labute approximate surface area is 81.0 Å². The smallest absolute Gasteiger partial charge is 0.0110 e. The summed E-state index contributed by atoms with van der Waals surface area (Å²) in [5.41, 5.74) is 1.97. The van der Waals surface area contributed by atoms with Crippen LogP contribution >= 0.6 is 0 Å². The summed E-state index contributed by atoms with van der Waals surface area (Å²) in [5.74, 6) is 0.755. The number of benzene rings is 1. The normalized spacial score (nSPS) is 26.2. The highest BCUT2D eigenvalue weighted by atomic mass is 14.4. The first-order valence-electron chi connectivity index (χ1n) is 5.16. The molecule has 1 fully saturated rings. The van der Waals surface area contributed by atoms with Crippen molar-refractivity contribution in [3.8, 4) is 0 Å². The van der Waals surface area contributed by atoms with Crippen molar-refractivity contribution < 1.29 is 0 Å². The molecular weight excluding hydrogens is 156 g/mol. The molecule has 0 heteroatoms. The van der Waals surface area contributed by atoms with E-state index in [1.807, 2.05) is 6.07 Å². The Morgan fingerprint density at radius 2 is 2.31 bits per heavy atom. The SMILES string of the molecule is CC1(C)CCCC1c1c[c]ccc1. The van der Waals surface area contributed by atoms with Gasteiger partial charge in [0.2, 0.25) is 0 Å². The molecule has 0 spiro atoms. The van der Waals surface area contributed by atoms with Crippen LogP contribution in [0.5, 0.6) is 0 Å². The number of rotatable bonds is 1. The monoisotopic (exact) mass is 173 g/mol. The van der Waals surface area contributed by atoms with E-state index in [1.54, 1.807) is 0 Å². The Kier molecular flexibility index (Phi) is 2.15. The lowest BCUT2D eigenvalue weighted by atomic mass is 9.78. The van der Waals surface area contributed by atoms with Gasteiger partial charge in [0.25, 0.3) is 0 Å². The second kappa shape index (κ2) is 3.17. The fourth-order valence-electron chi connectivity index (χ4n) is 2.57. The van der Waals surface area contributed by atoms with E-state index in [4.69, 9.17) is 0 Å². The largest absolute Gasteiger partial charge is 0.0614 e. The molecule has 0 amide bonds. The quantitative estimate of drug-likeness (QED) is 0.606. The summed E-state index contributed by atoms with van der Waals surface area (Å²) in [4.78, 5) is 0. The molecule has 0 saturated heterocycles. The molecule has 1 radical (unpaired) electrons. The van der Waals surface area contributed by atoms with E-state index in [9.17, 15) is 0 Å². The zero-order chi connectivity index (χ0) is 9.31. The zero-order valence-corrected chi connectivity index (χ0v) is 8.51. The fraction of sp³-hybridized carbons (Fsp3) is 0.538. The summed E-state index contributed by atoms with van der Waals surface area (Å²) >= 11 is 0. The highest BCUT2D eigenvalue weighted by Gasteiger charge is 2.34. The molecule has 2 rings (SSSR count). The molecule has 1 aliphatic rings. The molecule has 0 heterocycles. The molecule has 69 valence electrons. The number of hydrogen-bond donors (Lipinski definition) is 0. The van der Waals surface area contributed by atoms with E-state index in [0.29, 0.717) is 5.41 Å². The van der Waals surface area contributed by atoms with E-state index in [1.165, 1.54) is 24.8 Å². The lowest BCUT2D eigenvalue weighted by molar-refractivity contribution is 0.332. The van der Waals surface area contributed by atoms with E-state index in [-0.39, 0.29) is 0 Å². The minimum absolute atomic E-state index is 0.495. The molecule has 0 nitrogen and oxygen atoms in total. The van der Waals surface area contributed by atoms with Crippen molar-refractivity contribution in [1.29, 1.82) is 0 Å². The Bertz CT molecular complexity index is 271. The third kappa shape index (κ3) is 1.63. The number of hydrogen-bond acceptors (Lipinski definition) is 0. The van der Waals surface area contributed by atoms with Crippen LogP contribution in [0, 0.1) is 11.5 Å². The van der Waals surface area contributed by atoms with Gasteiger partial charge in [-0.15, -0.1) is 0 Å². The van der Waals surface area contributed by atoms with Crippen molar-refractivity contribution >= 4 is 0 Å². The van der Waals surface area contributed by atoms with Crippen LogP contribution in [0.25, 0.3) is 0 Å². The van der Waals surface area contributed by atoms with Gasteiger partial charge in [-0.2, -0.15) is 0 Å². The molecular formula is C13H17. The van der Waals surface area contributed by atoms with Gasteiger partial charge >= 0.3 is 0 Å².